The van der Waals surface area contributed by atoms with Gasteiger partial charge in [0.15, 0.2) is 5.13 Å². The number of amides is 2. The molecule has 3 rings (SSSR count). The van der Waals surface area contributed by atoms with Crippen molar-refractivity contribution in [2.75, 3.05) is 5.32 Å². The van der Waals surface area contributed by atoms with E-state index < -0.39 is 0 Å². The topological polar surface area (TPSA) is 71.1 Å². The second-order valence-electron chi connectivity index (χ2n) is 5.68. The molecule has 0 bridgehead atoms. The van der Waals surface area contributed by atoms with Crippen LogP contribution in [0.15, 0.2) is 41.1 Å². The minimum absolute atomic E-state index is 0.122. The number of aromatic nitrogens is 1. The van der Waals surface area contributed by atoms with Gasteiger partial charge in [0, 0.05) is 27.8 Å². The molecule has 0 aliphatic heterocycles. The summed E-state index contributed by atoms with van der Waals surface area (Å²) < 4.78 is 0. The van der Waals surface area contributed by atoms with Gasteiger partial charge >= 0.3 is 0 Å². The van der Waals surface area contributed by atoms with Gasteiger partial charge in [0.1, 0.15) is 0 Å². The van der Waals surface area contributed by atoms with E-state index >= 15 is 0 Å². The quantitative estimate of drug-likeness (QED) is 0.540. The molecule has 0 radical (unpaired) electrons. The van der Waals surface area contributed by atoms with Gasteiger partial charge in [-0.2, -0.15) is 0 Å². The third-order valence-corrected chi connectivity index (χ3v) is 5.90. The molecule has 1 unspecified atom stereocenters. The van der Waals surface area contributed by atoms with Gasteiger partial charge in [-0.15, -0.1) is 22.7 Å². The molecule has 2 heterocycles. The van der Waals surface area contributed by atoms with E-state index in [9.17, 15) is 9.59 Å². The number of nitrogens with zero attached hydrogens (tertiary/aromatic N) is 1. The molecule has 3 aromatic rings. The van der Waals surface area contributed by atoms with Crippen LogP contribution >= 0.6 is 45.9 Å². The first kappa shape index (κ1) is 19.8. The van der Waals surface area contributed by atoms with Gasteiger partial charge in [0.2, 0.25) is 11.8 Å². The Morgan fingerprint density at radius 3 is 2.70 bits per heavy atom. The summed E-state index contributed by atoms with van der Waals surface area (Å²) in [6, 6.07) is 8.58. The summed E-state index contributed by atoms with van der Waals surface area (Å²) in [5, 5.41) is 10.8. The summed E-state index contributed by atoms with van der Waals surface area (Å²) in [5.74, 6) is -0.416. The Bertz CT molecular complexity index is 957. The summed E-state index contributed by atoms with van der Waals surface area (Å²) in [6.07, 6.45) is 0.122. The van der Waals surface area contributed by atoms with Crippen LogP contribution in [0.2, 0.25) is 10.0 Å². The van der Waals surface area contributed by atoms with Crippen LogP contribution in [-0.4, -0.2) is 16.8 Å². The van der Waals surface area contributed by atoms with Crippen LogP contribution in [0.1, 0.15) is 24.3 Å². The zero-order valence-corrected chi connectivity index (χ0v) is 17.3. The number of carbonyl (C=O) groups is 2. The van der Waals surface area contributed by atoms with Gasteiger partial charge in [-0.25, -0.2) is 4.98 Å². The van der Waals surface area contributed by atoms with E-state index in [4.69, 9.17) is 23.2 Å². The molecule has 1 atom stereocenters. The van der Waals surface area contributed by atoms with E-state index in [1.54, 1.807) is 18.2 Å². The van der Waals surface area contributed by atoms with Gasteiger partial charge in [0.05, 0.1) is 23.2 Å². The Hall–Kier alpha value is -1.93. The van der Waals surface area contributed by atoms with E-state index in [0.717, 1.165) is 10.4 Å². The highest BCUT2D eigenvalue weighted by molar-refractivity contribution is 7.14. The highest BCUT2D eigenvalue weighted by atomic mass is 35.5. The van der Waals surface area contributed by atoms with Crippen LogP contribution in [0.3, 0.4) is 0 Å². The van der Waals surface area contributed by atoms with E-state index in [1.807, 2.05) is 22.9 Å². The van der Waals surface area contributed by atoms with Crippen LogP contribution < -0.4 is 10.6 Å². The second kappa shape index (κ2) is 8.84. The maximum Gasteiger partial charge on any atom is 0.228 e. The molecule has 140 valence electrons. The Kier molecular flexibility index (Phi) is 6.49. The lowest BCUT2D eigenvalue weighted by Gasteiger charge is -2.15. The van der Waals surface area contributed by atoms with Crippen LogP contribution in [0.5, 0.6) is 0 Å². The number of hydrogen-bond acceptors (Lipinski definition) is 5. The molecule has 9 heteroatoms. The number of carbonyl (C=O) groups excluding carboxylic acids is 2. The Balaban J connectivity index is 1.69. The molecule has 1 aromatic carbocycles. The van der Waals surface area contributed by atoms with Gasteiger partial charge in [0.25, 0.3) is 0 Å². The number of thiophene rings is 1. The first-order chi connectivity index (χ1) is 12.9. The Morgan fingerprint density at radius 1 is 1.22 bits per heavy atom. The van der Waals surface area contributed by atoms with Crippen LogP contribution in [0.25, 0.3) is 11.3 Å². The van der Waals surface area contributed by atoms with E-state index in [2.05, 4.69) is 15.6 Å². The zero-order chi connectivity index (χ0) is 19.4. The first-order valence-electron chi connectivity index (χ1n) is 7.93. The van der Waals surface area contributed by atoms with Crippen molar-refractivity contribution in [2.45, 2.75) is 19.4 Å². The predicted octanol–water partition coefficient (Wildman–Crippen LogP) is 5.38. The summed E-state index contributed by atoms with van der Waals surface area (Å²) in [7, 11) is 0. The summed E-state index contributed by atoms with van der Waals surface area (Å²) in [6.45, 7) is 1.43. The Morgan fingerprint density at radius 2 is 2.04 bits per heavy atom. The molecule has 27 heavy (non-hydrogen) atoms. The largest absolute Gasteiger partial charge is 0.348 e. The first-order valence-corrected chi connectivity index (χ1v) is 10.4. The van der Waals surface area contributed by atoms with Gasteiger partial charge in [-0.05, 0) is 29.6 Å². The predicted molar refractivity (Wildman–Crippen MR) is 112 cm³/mol. The molecule has 5 nitrogen and oxygen atoms in total. The lowest BCUT2D eigenvalue weighted by atomic mass is 10.1. The van der Waals surface area contributed by atoms with E-state index in [0.29, 0.717) is 20.9 Å². The van der Waals surface area contributed by atoms with Crippen molar-refractivity contribution >= 4 is 62.8 Å². The van der Waals surface area contributed by atoms with Crippen molar-refractivity contribution in [2.24, 2.45) is 0 Å². The SMILES string of the molecule is CC(=O)NC(CC(=O)Nc1nc(-c2ccc(Cl)cc2Cl)cs1)c1cccs1. The number of rotatable bonds is 6. The van der Waals surface area contributed by atoms with Crippen molar-refractivity contribution in [3.05, 3.63) is 56.0 Å². The molecule has 0 spiro atoms. The third-order valence-electron chi connectivity index (χ3n) is 3.61. The van der Waals surface area contributed by atoms with E-state index in [-0.39, 0.29) is 24.3 Å². The standard InChI is InChI=1S/C18H15Cl2N3O2S2/c1-10(24)21-14(16-3-2-6-26-16)8-17(25)23-18-22-15(9-27-18)12-5-4-11(19)7-13(12)20/h2-7,9,14H,8H2,1H3,(H,21,24)(H,22,23,25). The van der Waals surface area contributed by atoms with Gasteiger partial charge in [-0.3, -0.25) is 9.59 Å². The van der Waals surface area contributed by atoms with E-state index in [1.165, 1.54) is 29.6 Å². The molecule has 0 aliphatic rings. The average molecular weight is 440 g/mol. The second-order valence-corrected chi connectivity index (χ2v) is 8.36. The van der Waals surface area contributed by atoms with Crippen LogP contribution in [0.4, 0.5) is 5.13 Å². The molecule has 2 amide bonds. The number of nitrogens with one attached hydrogen (secondary N) is 2. The van der Waals surface area contributed by atoms with Crippen molar-refractivity contribution in [1.29, 1.82) is 0 Å². The zero-order valence-electron chi connectivity index (χ0n) is 14.2. The number of hydrogen-bond donors (Lipinski definition) is 2. The van der Waals surface area contributed by atoms with Gasteiger partial charge < -0.3 is 10.6 Å². The maximum absolute atomic E-state index is 12.4. The summed E-state index contributed by atoms with van der Waals surface area (Å²) >= 11 is 14.9. The molecule has 2 aromatic heterocycles. The van der Waals surface area contributed by atoms with Crippen LogP contribution in [0, 0.1) is 0 Å². The highest BCUT2D eigenvalue weighted by Gasteiger charge is 2.19. The average Bonchev–Trinajstić information content (AvgIpc) is 3.25. The van der Waals surface area contributed by atoms with Crippen molar-refractivity contribution in [1.82, 2.24) is 10.3 Å². The lowest BCUT2D eigenvalue weighted by molar-refractivity contribution is -0.120. The molecule has 2 N–H and O–H groups in total. The lowest BCUT2D eigenvalue weighted by Crippen LogP contribution is -2.29. The van der Waals surface area contributed by atoms with Crippen molar-refractivity contribution < 1.29 is 9.59 Å². The number of benzene rings is 1. The fourth-order valence-corrected chi connectivity index (χ4v) is 4.48. The monoisotopic (exact) mass is 439 g/mol. The molecule has 0 fully saturated rings. The number of anilines is 1. The number of thiazole rings is 1. The normalized spacial score (nSPS) is 11.8. The summed E-state index contributed by atoms with van der Waals surface area (Å²) in [4.78, 5) is 29.2. The molecule has 0 saturated heterocycles. The smallest absolute Gasteiger partial charge is 0.228 e. The highest BCUT2D eigenvalue weighted by Crippen LogP contribution is 2.32. The minimum Gasteiger partial charge on any atom is -0.348 e. The molecular weight excluding hydrogens is 425 g/mol. The molecule has 0 saturated carbocycles. The van der Waals surface area contributed by atoms with Gasteiger partial charge in [-0.1, -0.05) is 29.3 Å². The fraction of sp³-hybridized carbons (Fsp3) is 0.167. The summed E-state index contributed by atoms with van der Waals surface area (Å²) in [5.41, 5.74) is 1.40. The van der Waals surface area contributed by atoms with Crippen molar-refractivity contribution in [3.8, 4) is 11.3 Å². The fourth-order valence-electron chi connectivity index (χ4n) is 2.47. The third kappa shape index (κ3) is 5.29. The minimum atomic E-state index is -0.368. The number of halogens is 2. The molecule has 0 aliphatic carbocycles. The maximum atomic E-state index is 12.4. The van der Waals surface area contributed by atoms with Crippen LogP contribution in [-0.2, 0) is 9.59 Å². The van der Waals surface area contributed by atoms with Crippen molar-refractivity contribution in [3.63, 3.8) is 0 Å². The molecular formula is C18H15Cl2N3O2S2. The Labute approximate surface area is 174 Å².